The summed E-state index contributed by atoms with van der Waals surface area (Å²) in [4.78, 5) is 1.86. The van der Waals surface area contributed by atoms with Crippen LogP contribution >= 0.6 is 0 Å². The number of piperidine rings is 1. The van der Waals surface area contributed by atoms with E-state index < -0.39 is 6.10 Å². The van der Waals surface area contributed by atoms with Gasteiger partial charge in [-0.25, -0.2) is 4.39 Å². The molecule has 1 aromatic carbocycles. The van der Waals surface area contributed by atoms with Crippen molar-refractivity contribution in [2.24, 2.45) is 0 Å². The zero-order chi connectivity index (χ0) is 12.4. The highest BCUT2D eigenvalue weighted by Gasteiger charge is 2.20. The standard InChI is InChI=1S/C13H18FNO2/c1-9(16)10-4-5-13(12(14)7-10)15-6-2-3-11(17)8-15/h4-5,7,9,11,16-17H,2-3,6,8H2,1H3. The highest BCUT2D eigenvalue weighted by atomic mass is 19.1. The van der Waals surface area contributed by atoms with Crippen molar-refractivity contribution in [1.82, 2.24) is 0 Å². The molecule has 1 saturated heterocycles. The van der Waals surface area contributed by atoms with Gasteiger partial charge in [-0.1, -0.05) is 6.07 Å². The van der Waals surface area contributed by atoms with Crippen LogP contribution in [0.3, 0.4) is 0 Å². The maximum Gasteiger partial charge on any atom is 0.146 e. The van der Waals surface area contributed by atoms with Gasteiger partial charge in [-0.2, -0.15) is 0 Å². The van der Waals surface area contributed by atoms with Crippen molar-refractivity contribution in [3.05, 3.63) is 29.6 Å². The Labute approximate surface area is 100 Å². The monoisotopic (exact) mass is 239 g/mol. The van der Waals surface area contributed by atoms with E-state index in [2.05, 4.69) is 0 Å². The molecule has 1 heterocycles. The van der Waals surface area contributed by atoms with Gasteiger partial charge in [-0.3, -0.25) is 0 Å². The smallest absolute Gasteiger partial charge is 0.146 e. The molecule has 1 aromatic rings. The Balaban J connectivity index is 2.21. The number of hydrogen-bond donors (Lipinski definition) is 2. The molecular formula is C13H18FNO2. The number of rotatable bonds is 2. The van der Waals surface area contributed by atoms with Crippen molar-refractivity contribution in [2.75, 3.05) is 18.0 Å². The normalized spacial score (nSPS) is 22.6. The molecule has 1 fully saturated rings. The first kappa shape index (κ1) is 12.3. The first-order valence-corrected chi connectivity index (χ1v) is 5.98. The van der Waals surface area contributed by atoms with E-state index in [9.17, 15) is 14.6 Å². The molecular weight excluding hydrogens is 221 g/mol. The van der Waals surface area contributed by atoms with Crippen molar-refractivity contribution in [3.8, 4) is 0 Å². The van der Waals surface area contributed by atoms with Crippen LogP contribution in [0, 0.1) is 5.82 Å². The first-order valence-electron chi connectivity index (χ1n) is 5.98. The fourth-order valence-electron chi connectivity index (χ4n) is 2.21. The van der Waals surface area contributed by atoms with Crippen LogP contribution in [0.4, 0.5) is 10.1 Å². The van der Waals surface area contributed by atoms with Crippen molar-refractivity contribution in [3.63, 3.8) is 0 Å². The molecule has 94 valence electrons. The zero-order valence-corrected chi connectivity index (χ0v) is 9.93. The van der Waals surface area contributed by atoms with Gasteiger partial charge >= 0.3 is 0 Å². The Morgan fingerprint density at radius 2 is 2.24 bits per heavy atom. The number of halogens is 1. The molecule has 17 heavy (non-hydrogen) atoms. The van der Waals surface area contributed by atoms with Crippen LogP contribution in [0.15, 0.2) is 18.2 Å². The van der Waals surface area contributed by atoms with Crippen LogP contribution in [0.2, 0.25) is 0 Å². The van der Waals surface area contributed by atoms with Gasteiger partial charge in [-0.15, -0.1) is 0 Å². The molecule has 2 unspecified atom stereocenters. The van der Waals surface area contributed by atoms with Crippen LogP contribution in [-0.4, -0.2) is 29.4 Å². The number of aliphatic hydroxyl groups is 2. The second-order valence-electron chi connectivity index (χ2n) is 4.63. The van der Waals surface area contributed by atoms with Crippen LogP contribution in [0.25, 0.3) is 0 Å². The fraction of sp³-hybridized carbons (Fsp3) is 0.538. The molecule has 2 rings (SSSR count). The van der Waals surface area contributed by atoms with E-state index in [1.165, 1.54) is 6.07 Å². The van der Waals surface area contributed by atoms with Gasteiger partial charge in [-0.05, 0) is 37.5 Å². The molecule has 0 amide bonds. The zero-order valence-electron chi connectivity index (χ0n) is 9.93. The van der Waals surface area contributed by atoms with E-state index in [0.29, 0.717) is 17.8 Å². The Bertz CT molecular complexity index is 395. The summed E-state index contributed by atoms with van der Waals surface area (Å²) in [6.45, 7) is 2.85. The van der Waals surface area contributed by atoms with Gasteiger partial charge in [0.25, 0.3) is 0 Å². The van der Waals surface area contributed by atoms with Crippen molar-refractivity contribution in [1.29, 1.82) is 0 Å². The van der Waals surface area contributed by atoms with Gasteiger partial charge in [0.15, 0.2) is 0 Å². The molecule has 0 radical (unpaired) electrons. The molecule has 0 saturated carbocycles. The van der Waals surface area contributed by atoms with E-state index >= 15 is 0 Å². The second kappa shape index (κ2) is 5.02. The Morgan fingerprint density at radius 1 is 1.47 bits per heavy atom. The number of hydrogen-bond acceptors (Lipinski definition) is 3. The van der Waals surface area contributed by atoms with Crippen LogP contribution < -0.4 is 4.90 Å². The topological polar surface area (TPSA) is 43.7 Å². The quantitative estimate of drug-likeness (QED) is 0.827. The molecule has 0 spiro atoms. The van der Waals surface area contributed by atoms with Gasteiger partial charge < -0.3 is 15.1 Å². The first-order chi connectivity index (χ1) is 8.08. The highest BCUT2D eigenvalue weighted by Crippen LogP contribution is 2.26. The van der Waals surface area contributed by atoms with Crippen molar-refractivity contribution in [2.45, 2.75) is 32.0 Å². The Hall–Kier alpha value is -1.13. The highest BCUT2D eigenvalue weighted by molar-refractivity contribution is 5.50. The summed E-state index contributed by atoms with van der Waals surface area (Å²) >= 11 is 0. The number of anilines is 1. The van der Waals surface area contributed by atoms with Gasteiger partial charge in [0.2, 0.25) is 0 Å². The molecule has 2 atom stereocenters. The van der Waals surface area contributed by atoms with Gasteiger partial charge in [0.1, 0.15) is 5.82 Å². The van der Waals surface area contributed by atoms with Crippen LogP contribution in [-0.2, 0) is 0 Å². The summed E-state index contributed by atoms with van der Waals surface area (Å²) in [5.41, 5.74) is 1.08. The van der Waals surface area contributed by atoms with E-state index in [0.717, 1.165) is 19.4 Å². The minimum atomic E-state index is -0.662. The summed E-state index contributed by atoms with van der Waals surface area (Å²) in [7, 11) is 0. The Morgan fingerprint density at radius 3 is 2.82 bits per heavy atom. The molecule has 1 aliphatic heterocycles. The summed E-state index contributed by atoms with van der Waals surface area (Å²) < 4.78 is 13.9. The third-order valence-electron chi connectivity index (χ3n) is 3.19. The van der Waals surface area contributed by atoms with Crippen molar-refractivity contribution >= 4 is 5.69 Å². The van der Waals surface area contributed by atoms with Crippen LogP contribution in [0.5, 0.6) is 0 Å². The lowest BCUT2D eigenvalue weighted by atomic mass is 10.1. The summed E-state index contributed by atoms with van der Waals surface area (Å²) in [6, 6.07) is 4.76. The minimum absolute atomic E-state index is 0.336. The third kappa shape index (κ3) is 2.76. The molecule has 1 aliphatic rings. The summed E-state index contributed by atoms with van der Waals surface area (Å²) in [6.07, 6.45) is 0.618. The third-order valence-corrected chi connectivity index (χ3v) is 3.19. The number of aliphatic hydroxyl groups excluding tert-OH is 2. The van der Waals surface area contributed by atoms with E-state index in [-0.39, 0.29) is 11.9 Å². The molecule has 4 heteroatoms. The maximum atomic E-state index is 13.9. The summed E-state index contributed by atoms with van der Waals surface area (Å²) in [5.74, 6) is -0.336. The largest absolute Gasteiger partial charge is 0.391 e. The van der Waals surface area contributed by atoms with E-state index in [4.69, 9.17) is 0 Å². The number of β-amino-alcohol motifs (C(OH)–C–C–N with tert-alkyl or cyclic N) is 1. The number of nitrogens with zero attached hydrogens (tertiary/aromatic N) is 1. The lowest BCUT2D eigenvalue weighted by Gasteiger charge is -2.32. The number of benzene rings is 1. The molecule has 0 aromatic heterocycles. The van der Waals surface area contributed by atoms with Gasteiger partial charge in [0.05, 0.1) is 17.9 Å². The van der Waals surface area contributed by atoms with E-state index in [1.54, 1.807) is 19.1 Å². The summed E-state index contributed by atoms with van der Waals surface area (Å²) in [5, 5.41) is 18.9. The van der Waals surface area contributed by atoms with Gasteiger partial charge in [0, 0.05) is 13.1 Å². The lowest BCUT2D eigenvalue weighted by Crippen LogP contribution is -2.38. The predicted octanol–water partition coefficient (Wildman–Crippen LogP) is 1.84. The molecule has 0 bridgehead atoms. The maximum absolute atomic E-state index is 13.9. The minimum Gasteiger partial charge on any atom is -0.391 e. The van der Waals surface area contributed by atoms with Crippen LogP contribution in [0.1, 0.15) is 31.4 Å². The average Bonchev–Trinajstić information content (AvgIpc) is 2.28. The second-order valence-corrected chi connectivity index (χ2v) is 4.63. The molecule has 0 aliphatic carbocycles. The van der Waals surface area contributed by atoms with E-state index in [1.807, 2.05) is 4.90 Å². The lowest BCUT2D eigenvalue weighted by molar-refractivity contribution is 0.154. The predicted molar refractivity (Wildman–Crippen MR) is 64.5 cm³/mol. The van der Waals surface area contributed by atoms with Crippen molar-refractivity contribution < 1.29 is 14.6 Å². The average molecular weight is 239 g/mol. The Kier molecular flexibility index (Phi) is 3.64. The molecule has 2 N–H and O–H groups in total. The fourth-order valence-corrected chi connectivity index (χ4v) is 2.21. The SMILES string of the molecule is CC(O)c1ccc(N2CCCC(O)C2)c(F)c1. The molecule has 3 nitrogen and oxygen atoms in total.